The van der Waals surface area contributed by atoms with Gasteiger partial charge in [0.2, 0.25) is 17.7 Å². The second-order valence-electron chi connectivity index (χ2n) is 11.5. The van der Waals surface area contributed by atoms with Crippen molar-refractivity contribution < 1.29 is 23.9 Å². The molecule has 0 aromatic heterocycles. The van der Waals surface area contributed by atoms with E-state index in [0.29, 0.717) is 44.6 Å². The fraction of sp³-hybridized carbons (Fsp3) is 0.643. The largest absolute Gasteiger partial charge is 0.444 e. The minimum Gasteiger partial charge on any atom is -0.444 e. The molecule has 2 aliphatic heterocycles. The normalized spacial score (nSPS) is 19.5. The number of rotatable bonds is 6. The number of hydrogen-bond acceptors (Lipinski definition) is 5. The predicted octanol–water partition coefficient (Wildman–Crippen LogP) is 3.71. The molecule has 2 aliphatic rings. The predicted molar refractivity (Wildman–Crippen MR) is 142 cm³/mol. The molecule has 3 rings (SSSR count). The monoisotopic (exact) mass is 514 g/mol. The number of amides is 4. The van der Waals surface area contributed by atoms with E-state index in [1.165, 1.54) is 4.90 Å². The molecule has 0 radical (unpaired) electrons. The second-order valence-corrected chi connectivity index (χ2v) is 11.5. The maximum Gasteiger partial charge on any atom is 0.410 e. The van der Waals surface area contributed by atoms with E-state index in [0.717, 1.165) is 12.0 Å². The number of benzene rings is 1. The van der Waals surface area contributed by atoms with Crippen molar-refractivity contribution >= 4 is 29.5 Å². The molecule has 9 heteroatoms. The van der Waals surface area contributed by atoms with E-state index in [1.807, 2.05) is 65.8 Å². The molecule has 2 heterocycles. The van der Waals surface area contributed by atoms with Gasteiger partial charge in [0.05, 0.1) is 0 Å². The Morgan fingerprint density at radius 1 is 0.973 bits per heavy atom. The van der Waals surface area contributed by atoms with E-state index in [2.05, 4.69) is 10.6 Å². The van der Waals surface area contributed by atoms with Gasteiger partial charge in [0.1, 0.15) is 17.7 Å². The Bertz CT molecular complexity index is 977. The Morgan fingerprint density at radius 2 is 1.59 bits per heavy atom. The number of aryl methyl sites for hydroxylation is 1. The first-order chi connectivity index (χ1) is 17.4. The lowest BCUT2D eigenvalue weighted by atomic mass is 9.94. The quantitative estimate of drug-likeness (QED) is 0.602. The standard InChI is InChI=1S/C28H42N4O5/c1-18(2)23(25(34)29-21-11-9-19(3)10-12-21)30-24(33)20-13-16-31(17-14-20)26(35)22-8-7-15-32(22)27(36)37-28(4,5)6/h9-12,18,20,22-23H,7-8,13-17H2,1-6H3,(H,29,34)(H,30,33)/t22-,23+/m1/s1. The Labute approximate surface area is 220 Å². The van der Waals surface area contributed by atoms with Crippen molar-refractivity contribution in [1.29, 1.82) is 0 Å². The molecule has 37 heavy (non-hydrogen) atoms. The number of nitrogens with one attached hydrogen (secondary N) is 2. The van der Waals surface area contributed by atoms with Gasteiger partial charge in [-0.3, -0.25) is 19.3 Å². The molecule has 2 saturated heterocycles. The van der Waals surface area contributed by atoms with Crippen LogP contribution in [-0.4, -0.2) is 70.9 Å². The highest BCUT2D eigenvalue weighted by Crippen LogP contribution is 2.25. The molecule has 0 spiro atoms. The van der Waals surface area contributed by atoms with Gasteiger partial charge in [0.25, 0.3) is 0 Å². The van der Waals surface area contributed by atoms with Gasteiger partial charge in [-0.05, 0) is 71.4 Å². The van der Waals surface area contributed by atoms with Crippen LogP contribution in [0.3, 0.4) is 0 Å². The average molecular weight is 515 g/mol. The zero-order valence-corrected chi connectivity index (χ0v) is 23.0. The third kappa shape index (κ3) is 7.69. The number of hydrogen-bond donors (Lipinski definition) is 2. The number of carbonyl (C=O) groups is 4. The topological polar surface area (TPSA) is 108 Å². The summed E-state index contributed by atoms with van der Waals surface area (Å²) < 4.78 is 5.49. The van der Waals surface area contributed by atoms with Crippen LogP contribution in [0.2, 0.25) is 0 Å². The molecule has 2 atom stereocenters. The molecule has 2 N–H and O–H groups in total. The Kier molecular flexibility index (Phi) is 9.21. The summed E-state index contributed by atoms with van der Waals surface area (Å²) in [5.41, 5.74) is 1.17. The van der Waals surface area contributed by atoms with Crippen LogP contribution in [0.4, 0.5) is 10.5 Å². The third-order valence-corrected chi connectivity index (χ3v) is 6.91. The molecule has 0 unspecified atom stereocenters. The maximum atomic E-state index is 13.2. The molecular weight excluding hydrogens is 472 g/mol. The number of piperidine rings is 1. The minimum absolute atomic E-state index is 0.0836. The molecule has 1 aromatic rings. The summed E-state index contributed by atoms with van der Waals surface area (Å²) in [4.78, 5) is 55.1. The summed E-state index contributed by atoms with van der Waals surface area (Å²) >= 11 is 0. The lowest BCUT2D eigenvalue weighted by molar-refractivity contribution is -0.139. The van der Waals surface area contributed by atoms with Gasteiger partial charge < -0.3 is 20.3 Å². The Hall–Kier alpha value is -3.10. The smallest absolute Gasteiger partial charge is 0.410 e. The van der Waals surface area contributed by atoms with Crippen LogP contribution in [-0.2, 0) is 19.1 Å². The third-order valence-electron chi connectivity index (χ3n) is 6.91. The first-order valence-electron chi connectivity index (χ1n) is 13.3. The summed E-state index contributed by atoms with van der Waals surface area (Å²) in [5.74, 6) is -0.857. The highest BCUT2D eigenvalue weighted by atomic mass is 16.6. The van der Waals surface area contributed by atoms with Crippen LogP contribution in [0.1, 0.15) is 65.9 Å². The molecule has 2 fully saturated rings. The molecule has 204 valence electrons. The lowest BCUT2D eigenvalue weighted by Crippen LogP contribution is -2.53. The van der Waals surface area contributed by atoms with E-state index >= 15 is 0 Å². The minimum atomic E-state index is -0.658. The van der Waals surface area contributed by atoms with Gasteiger partial charge in [-0.25, -0.2) is 4.79 Å². The number of carbonyl (C=O) groups excluding carboxylic acids is 4. The molecule has 1 aromatic carbocycles. The van der Waals surface area contributed by atoms with Crippen LogP contribution in [0, 0.1) is 18.8 Å². The van der Waals surface area contributed by atoms with Crippen molar-refractivity contribution in [3.8, 4) is 0 Å². The van der Waals surface area contributed by atoms with Crippen LogP contribution in [0.15, 0.2) is 24.3 Å². The van der Waals surface area contributed by atoms with Crippen molar-refractivity contribution in [2.45, 2.75) is 84.9 Å². The van der Waals surface area contributed by atoms with Gasteiger partial charge in [0, 0.05) is 31.2 Å². The fourth-order valence-corrected chi connectivity index (χ4v) is 4.80. The van der Waals surface area contributed by atoms with Crippen LogP contribution in [0.25, 0.3) is 0 Å². The zero-order valence-electron chi connectivity index (χ0n) is 23.0. The van der Waals surface area contributed by atoms with E-state index in [-0.39, 0.29) is 29.6 Å². The van der Waals surface area contributed by atoms with Gasteiger partial charge in [-0.15, -0.1) is 0 Å². The average Bonchev–Trinajstić information content (AvgIpc) is 3.32. The SMILES string of the molecule is Cc1ccc(NC(=O)[C@@H](NC(=O)C2CCN(C(=O)[C@H]3CCCN3C(=O)OC(C)(C)C)CC2)C(C)C)cc1. The van der Waals surface area contributed by atoms with Gasteiger partial charge >= 0.3 is 6.09 Å². The summed E-state index contributed by atoms with van der Waals surface area (Å²) in [7, 11) is 0. The fourth-order valence-electron chi connectivity index (χ4n) is 4.80. The maximum absolute atomic E-state index is 13.2. The number of nitrogens with zero attached hydrogens (tertiary/aromatic N) is 2. The molecular formula is C28H42N4O5. The van der Waals surface area contributed by atoms with E-state index in [1.54, 1.807) is 4.90 Å². The van der Waals surface area contributed by atoms with Gasteiger partial charge in [-0.2, -0.15) is 0 Å². The second kappa shape index (κ2) is 12.0. The molecule has 4 amide bonds. The van der Waals surface area contributed by atoms with Gasteiger partial charge in [0.15, 0.2) is 0 Å². The highest BCUT2D eigenvalue weighted by Gasteiger charge is 2.40. The zero-order chi connectivity index (χ0) is 27.3. The first-order valence-corrected chi connectivity index (χ1v) is 13.3. The number of anilines is 1. The number of ether oxygens (including phenoxy) is 1. The Morgan fingerprint density at radius 3 is 2.16 bits per heavy atom. The summed E-state index contributed by atoms with van der Waals surface area (Å²) in [6, 6.07) is 6.35. The summed E-state index contributed by atoms with van der Waals surface area (Å²) in [6.45, 7) is 12.6. The molecule has 0 aliphatic carbocycles. The van der Waals surface area contributed by atoms with Crippen molar-refractivity contribution in [1.82, 2.24) is 15.1 Å². The van der Waals surface area contributed by atoms with Crippen molar-refractivity contribution in [2.24, 2.45) is 11.8 Å². The lowest BCUT2D eigenvalue weighted by Gasteiger charge is -2.36. The number of likely N-dealkylation sites (tertiary alicyclic amines) is 2. The summed E-state index contributed by atoms with van der Waals surface area (Å²) in [5, 5.41) is 5.83. The van der Waals surface area contributed by atoms with E-state index in [4.69, 9.17) is 4.74 Å². The summed E-state index contributed by atoms with van der Waals surface area (Å²) in [6.07, 6.45) is 1.95. The van der Waals surface area contributed by atoms with Gasteiger partial charge in [-0.1, -0.05) is 31.5 Å². The van der Waals surface area contributed by atoms with Crippen molar-refractivity contribution in [3.05, 3.63) is 29.8 Å². The van der Waals surface area contributed by atoms with Crippen molar-refractivity contribution in [3.63, 3.8) is 0 Å². The van der Waals surface area contributed by atoms with E-state index < -0.39 is 23.8 Å². The molecule has 0 saturated carbocycles. The molecule has 9 nitrogen and oxygen atoms in total. The molecule has 0 bridgehead atoms. The first kappa shape index (κ1) is 28.5. The van der Waals surface area contributed by atoms with Crippen LogP contribution >= 0.6 is 0 Å². The van der Waals surface area contributed by atoms with Crippen molar-refractivity contribution in [2.75, 3.05) is 25.0 Å². The van der Waals surface area contributed by atoms with E-state index in [9.17, 15) is 19.2 Å². The van der Waals surface area contributed by atoms with Crippen LogP contribution in [0.5, 0.6) is 0 Å². The Balaban J connectivity index is 1.53. The van der Waals surface area contributed by atoms with Crippen LogP contribution < -0.4 is 10.6 Å². The highest BCUT2D eigenvalue weighted by molar-refractivity contribution is 5.97.